The molecule has 28 heavy (non-hydrogen) atoms. The average Bonchev–Trinajstić information content (AvgIpc) is 2.69. The lowest BCUT2D eigenvalue weighted by molar-refractivity contribution is -0.122. The molecular formula is C20H28FN3O3S. The smallest absolute Gasteiger partial charge is 0.246 e. The standard InChI is InChI=1S/C20H28FN3O3S/c21-18-8-4-5-9-19(18)28(26,27)24-14-12-23(13-15-24)16-20(25)22-11-10-17-6-2-1-3-7-17/h4-6,8-9H,1-3,7,10-16H2,(H,22,25). The predicted octanol–water partition coefficient (Wildman–Crippen LogP) is 2.14. The Morgan fingerprint density at radius 2 is 1.86 bits per heavy atom. The lowest BCUT2D eigenvalue weighted by Crippen LogP contribution is -2.51. The largest absolute Gasteiger partial charge is 0.355 e. The first kappa shape index (κ1) is 21.0. The fourth-order valence-electron chi connectivity index (χ4n) is 3.67. The molecular weight excluding hydrogens is 381 g/mol. The summed E-state index contributed by atoms with van der Waals surface area (Å²) in [4.78, 5) is 13.8. The van der Waals surface area contributed by atoms with Gasteiger partial charge in [-0.25, -0.2) is 12.8 Å². The summed E-state index contributed by atoms with van der Waals surface area (Å²) in [7, 11) is -3.85. The Morgan fingerprint density at radius 1 is 1.11 bits per heavy atom. The highest BCUT2D eigenvalue weighted by molar-refractivity contribution is 7.89. The maximum Gasteiger partial charge on any atom is 0.246 e. The number of hydrogen-bond acceptors (Lipinski definition) is 4. The van der Waals surface area contributed by atoms with Crippen LogP contribution < -0.4 is 5.32 Å². The van der Waals surface area contributed by atoms with Crippen molar-refractivity contribution in [3.63, 3.8) is 0 Å². The molecule has 8 heteroatoms. The number of carbonyl (C=O) groups is 1. The molecule has 3 rings (SSSR count). The molecule has 0 bridgehead atoms. The van der Waals surface area contributed by atoms with Crippen LogP contribution in [0, 0.1) is 5.82 Å². The van der Waals surface area contributed by atoms with Crippen LogP contribution in [0.1, 0.15) is 32.1 Å². The Labute approximate surface area is 166 Å². The van der Waals surface area contributed by atoms with Crippen molar-refractivity contribution in [2.24, 2.45) is 0 Å². The molecule has 1 aromatic carbocycles. The molecule has 0 saturated carbocycles. The van der Waals surface area contributed by atoms with Gasteiger partial charge in [0, 0.05) is 32.7 Å². The molecule has 1 heterocycles. The SMILES string of the molecule is O=C(CN1CCN(S(=O)(=O)c2ccccc2F)CC1)NCCC1=CCCCC1. The third-order valence-corrected chi connectivity index (χ3v) is 7.24. The van der Waals surface area contributed by atoms with Crippen LogP contribution in [0.25, 0.3) is 0 Å². The number of nitrogens with zero attached hydrogens (tertiary/aromatic N) is 2. The predicted molar refractivity (Wildman–Crippen MR) is 106 cm³/mol. The number of piperazine rings is 1. The molecule has 1 N–H and O–H groups in total. The third kappa shape index (κ3) is 5.40. The fourth-order valence-corrected chi connectivity index (χ4v) is 5.16. The number of rotatable bonds is 7. The topological polar surface area (TPSA) is 69.7 Å². The summed E-state index contributed by atoms with van der Waals surface area (Å²) in [6.07, 6.45) is 7.96. The van der Waals surface area contributed by atoms with Gasteiger partial charge in [-0.2, -0.15) is 4.31 Å². The normalized spacial score (nSPS) is 19.2. The molecule has 2 aliphatic rings. The number of nitrogens with one attached hydrogen (secondary N) is 1. The van der Waals surface area contributed by atoms with Crippen molar-refractivity contribution in [1.82, 2.24) is 14.5 Å². The molecule has 1 saturated heterocycles. The lowest BCUT2D eigenvalue weighted by Gasteiger charge is -2.33. The van der Waals surface area contributed by atoms with Gasteiger partial charge in [0.05, 0.1) is 6.54 Å². The van der Waals surface area contributed by atoms with Crippen molar-refractivity contribution in [1.29, 1.82) is 0 Å². The molecule has 154 valence electrons. The van der Waals surface area contributed by atoms with E-state index in [0.717, 1.165) is 25.3 Å². The maximum absolute atomic E-state index is 13.9. The van der Waals surface area contributed by atoms with Gasteiger partial charge in [0.1, 0.15) is 10.7 Å². The van der Waals surface area contributed by atoms with Crippen LogP contribution in [-0.2, 0) is 14.8 Å². The fraction of sp³-hybridized carbons (Fsp3) is 0.550. The van der Waals surface area contributed by atoms with Crippen LogP contribution >= 0.6 is 0 Å². The van der Waals surface area contributed by atoms with Gasteiger partial charge in [-0.15, -0.1) is 0 Å². The average molecular weight is 410 g/mol. The summed E-state index contributed by atoms with van der Waals surface area (Å²) in [5.41, 5.74) is 1.43. The second-order valence-electron chi connectivity index (χ2n) is 7.32. The van der Waals surface area contributed by atoms with Gasteiger partial charge in [0.15, 0.2) is 0 Å². The minimum absolute atomic E-state index is 0.0400. The first-order chi connectivity index (χ1) is 13.5. The monoisotopic (exact) mass is 409 g/mol. The van der Waals surface area contributed by atoms with Gasteiger partial charge < -0.3 is 5.32 Å². The quantitative estimate of drug-likeness (QED) is 0.701. The van der Waals surface area contributed by atoms with E-state index in [-0.39, 0.29) is 30.4 Å². The second-order valence-corrected chi connectivity index (χ2v) is 9.23. The van der Waals surface area contributed by atoms with Crippen LogP contribution in [-0.4, -0.2) is 62.8 Å². The first-order valence-corrected chi connectivity index (χ1v) is 11.3. The number of halogens is 1. The molecule has 0 aromatic heterocycles. The van der Waals surface area contributed by atoms with E-state index in [1.165, 1.54) is 40.9 Å². The van der Waals surface area contributed by atoms with Crippen molar-refractivity contribution in [3.8, 4) is 0 Å². The Morgan fingerprint density at radius 3 is 2.54 bits per heavy atom. The van der Waals surface area contributed by atoms with Gasteiger partial charge in [0.25, 0.3) is 0 Å². The van der Waals surface area contributed by atoms with Gasteiger partial charge in [0.2, 0.25) is 15.9 Å². The Kier molecular flexibility index (Phi) is 7.20. The highest BCUT2D eigenvalue weighted by Gasteiger charge is 2.30. The van der Waals surface area contributed by atoms with Crippen LogP contribution in [0.2, 0.25) is 0 Å². The van der Waals surface area contributed by atoms with E-state index in [2.05, 4.69) is 11.4 Å². The Balaban J connectivity index is 1.43. The van der Waals surface area contributed by atoms with E-state index in [1.807, 2.05) is 4.90 Å². The lowest BCUT2D eigenvalue weighted by atomic mass is 9.97. The number of allylic oxidation sites excluding steroid dienone is 1. The molecule has 1 aliphatic carbocycles. The molecule has 0 spiro atoms. The van der Waals surface area contributed by atoms with Crippen molar-refractivity contribution in [3.05, 3.63) is 41.7 Å². The number of amides is 1. The van der Waals surface area contributed by atoms with Crippen LogP contribution in [0.15, 0.2) is 40.8 Å². The first-order valence-electron chi connectivity index (χ1n) is 9.88. The highest BCUT2D eigenvalue weighted by Crippen LogP contribution is 2.21. The number of carbonyl (C=O) groups excluding carboxylic acids is 1. The number of hydrogen-bond donors (Lipinski definition) is 1. The van der Waals surface area contributed by atoms with E-state index >= 15 is 0 Å². The molecule has 1 amide bonds. The minimum Gasteiger partial charge on any atom is -0.355 e. The van der Waals surface area contributed by atoms with Gasteiger partial charge >= 0.3 is 0 Å². The molecule has 1 aliphatic heterocycles. The zero-order valence-corrected chi connectivity index (χ0v) is 16.9. The summed E-state index contributed by atoms with van der Waals surface area (Å²) >= 11 is 0. The van der Waals surface area contributed by atoms with Crippen LogP contribution in [0.3, 0.4) is 0 Å². The second kappa shape index (κ2) is 9.62. The summed E-state index contributed by atoms with van der Waals surface area (Å²) < 4.78 is 40.4. The Bertz CT molecular complexity index is 818. The van der Waals surface area contributed by atoms with Crippen molar-refractivity contribution < 1.29 is 17.6 Å². The minimum atomic E-state index is -3.85. The molecule has 0 unspecified atom stereocenters. The van der Waals surface area contributed by atoms with E-state index < -0.39 is 15.8 Å². The van der Waals surface area contributed by atoms with Crippen molar-refractivity contribution in [2.45, 2.75) is 37.0 Å². The van der Waals surface area contributed by atoms with Crippen LogP contribution in [0.4, 0.5) is 4.39 Å². The van der Waals surface area contributed by atoms with Crippen molar-refractivity contribution in [2.75, 3.05) is 39.3 Å². The molecule has 0 atom stereocenters. The van der Waals surface area contributed by atoms with Crippen molar-refractivity contribution >= 4 is 15.9 Å². The zero-order valence-electron chi connectivity index (χ0n) is 16.1. The molecule has 1 aromatic rings. The zero-order chi connectivity index (χ0) is 20.0. The molecule has 1 fully saturated rings. The molecule has 6 nitrogen and oxygen atoms in total. The summed E-state index contributed by atoms with van der Waals surface area (Å²) in [5.74, 6) is -0.779. The van der Waals surface area contributed by atoms with E-state index in [0.29, 0.717) is 19.6 Å². The molecule has 0 radical (unpaired) electrons. The van der Waals surface area contributed by atoms with E-state index in [1.54, 1.807) is 0 Å². The summed E-state index contributed by atoms with van der Waals surface area (Å²) in [6.45, 7) is 2.30. The third-order valence-electron chi connectivity index (χ3n) is 5.31. The van der Waals surface area contributed by atoms with E-state index in [4.69, 9.17) is 0 Å². The summed E-state index contributed by atoms with van der Waals surface area (Å²) in [6, 6.07) is 5.42. The maximum atomic E-state index is 13.9. The van der Waals surface area contributed by atoms with E-state index in [9.17, 15) is 17.6 Å². The Hall–Kier alpha value is -1.77. The summed E-state index contributed by atoms with van der Waals surface area (Å²) in [5, 5.41) is 2.95. The highest BCUT2D eigenvalue weighted by atomic mass is 32.2. The van der Waals surface area contributed by atoms with Gasteiger partial charge in [-0.05, 0) is 44.2 Å². The van der Waals surface area contributed by atoms with Crippen LogP contribution in [0.5, 0.6) is 0 Å². The number of benzene rings is 1. The number of sulfonamides is 1. The van der Waals surface area contributed by atoms with Gasteiger partial charge in [-0.1, -0.05) is 23.8 Å². The van der Waals surface area contributed by atoms with Gasteiger partial charge in [-0.3, -0.25) is 9.69 Å².